The first-order valence-electron chi connectivity index (χ1n) is 7.55. The average Bonchev–Trinajstić information content (AvgIpc) is 2.60. The van der Waals surface area contributed by atoms with Crippen LogP contribution in [0.3, 0.4) is 0 Å². The molecule has 130 valence electrons. The van der Waals surface area contributed by atoms with E-state index in [0.29, 0.717) is 22.0 Å². The second kappa shape index (κ2) is 8.35. The molecule has 2 amide bonds. The molecule has 0 bridgehead atoms. The maximum absolute atomic E-state index is 12.2. The molecule has 0 atom stereocenters. The van der Waals surface area contributed by atoms with Gasteiger partial charge in [-0.2, -0.15) is 0 Å². The minimum atomic E-state index is -0.331. The summed E-state index contributed by atoms with van der Waals surface area (Å²) in [7, 11) is 4.83. The van der Waals surface area contributed by atoms with E-state index in [1.54, 1.807) is 50.5 Å². The maximum Gasteiger partial charge on any atom is 0.253 e. The number of hydrogen-bond acceptors (Lipinski definition) is 3. The summed E-state index contributed by atoms with van der Waals surface area (Å²) in [6, 6.07) is 12.0. The Morgan fingerprint density at radius 1 is 1.12 bits per heavy atom. The third-order valence-electron chi connectivity index (χ3n) is 3.41. The van der Waals surface area contributed by atoms with Gasteiger partial charge in [-0.05, 0) is 42.0 Å². The number of halogens is 1. The highest BCUT2D eigenvalue weighted by molar-refractivity contribution is 6.30. The molecule has 0 radical (unpaired) electrons. The first-order chi connectivity index (χ1) is 11.9. The molecule has 0 unspecified atom stereocenters. The third kappa shape index (κ3) is 5.09. The summed E-state index contributed by atoms with van der Waals surface area (Å²) in [4.78, 5) is 25.7. The number of carbonyl (C=O) groups excluding carboxylic acids is 2. The van der Waals surface area contributed by atoms with Crippen molar-refractivity contribution in [1.29, 1.82) is 0 Å². The predicted octanol–water partition coefficient (Wildman–Crippen LogP) is 3.70. The first-order valence-corrected chi connectivity index (χ1v) is 7.93. The van der Waals surface area contributed by atoms with E-state index in [0.717, 1.165) is 5.56 Å². The van der Waals surface area contributed by atoms with E-state index in [4.69, 9.17) is 16.3 Å². The van der Waals surface area contributed by atoms with Crippen molar-refractivity contribution in [1.82, 2.24) is 4.90 Å². The molecule has 0 aliphatic heterocycles. The van der Waals surface area contributed by atoms with Gasteiger partial charge in [0.1, 0.15) is 5.75 Å². The number of hydrogen-bond donors (Lipinski definition) is 1. The van der Waals surface area contributed by atoms with Crippen LogP contribution in [-0.2, 0) is 4.79 Å². The van der Waals surface area contributed by atoms with Crippen molar-refractivity contribution in [2.24, 2.45) is 0 Å². The van der Waals surface area contributed by atoms with Crippen molar-refractivity contribution in [3.63, 3.8) is 0 Å². The van der Waals surface area contributed by atoms with Crippen LogP contribution in [0.15, 0.2) is 48.5 Å². The van der Waals surface area contributed by atoms with E-state index >= 15 is 0 Å². The van der Waals surface area contributed by atoms with Crippen LogP contribution in [0.25, 0.3) is 6.08 Å². The standard InChI is InChI=1S/C19H19ClN2O3/c1-22(2)19(24)14-7-10-17(25-3)16(12-14)21-18(23)11-6-13-4-8-15(20)9-5-13/h4-12H,1-3H3,(H,21,23)/b11-6+. The summed E-state index contributed by atoms with van der Waals surface area (Å²) in [5.74, 6) is -0.0129. The Labute approximate surface area is 151 Å². The summed E-state index contributed by atoms with van der Waals surface area (Å²) in [6.07, 6.45) is 3.08. The molecule has 0 spiro atoms. The minimum Gasteiger partial charge on any atom is -0.495 e. The molecule has 6 heteroatoms. The Morgan fingerprint density at radius 3 is 2.40 bits per heavy atom. The Hall–Kier alpha value is -2.79. The van der Waals surface area contributed by atoms with Crippen molar-refractivity contribution in [3.8, 4) is 5.75 Å². The van der Waals surface area contributed by atoms with Gasteiger partial charge in [0.15, 0.2) is 0 Å². The molecule has 0 saturated carbocycles. The van der Waals surface area contributed by atoms with Crippen molar-refractivity contribution in [2.45, 2.75) is 0 Å². The van der Waals surface area contributed by atoms with Crippen LogP contribution in [0.1, 0.15) is 15.9 Å². The number of benzene rings is 2. The molecule has 2 aromatic carbocycles. The molecule has 0 aliphatic carbocycles. The van der Waals surface area contributed by atoms with Gasteiger partial charge >= 0.3 is 0 Å². The fourth-order valence-electron chi connectivity index (χ4n) is 2.12. The van der Waals surface area contributed by atoms with Gasteiger partial charge in [-0.25, -0.2) is 0 Å². The van der Waals surface area contributed by atoms with E-state index in [2.05, 4.69) is 5.32 Å². The van der Waals surface area contributed by atoms with Gasteiger partial charge in [-0.3, -0.25) is 9.59 Å². The molecule has 0 fully saturated rings. The van der Waals surface area contributed by atoms with Crippen LogP contribution in [0.2, 0.25) is 5.02 Å². The highest BCUT2D eigenvalue weighted by Crippen LogP contribution is 2.26. The van der Waals surface area contributed by atoms with E-state index in [9.17, 15) is 9.59 Å². The van der Waals surface area contributed by atoms with Gasteiger partial charge in [-0.1, -0.05) is 23.7 Å². The lowest BCUT2D eigenvalue weighted by Gasteiger charge is -2.14. The monoisotopic (exact) mass is 358 g/mol. The Bertz CT molecular complexity index is 799. The number of carbonyl (C=O) groups is 2. The predicted molar refractivity (Wildman–Crippen MR) is 100 cm³/mol. The fourth-order valence-corrected chi connectivity index (χ4v) is 2.24. The molecule has 25 heavy (non-hydrogen) atoms. The van der Waals surface area contributed by atoms with Crippen LogP contribution in [0.5, 0.6) is 5.75 Å². The molecule has 0 saturated heterocycles. The van der Waals surface area contributed by atoms with Crippen molar-refractivity contribution in [3.05, 3.63) is 64.7 Å². The number of anilines is 1. The lowest BCUT2D eigenvalue weighted by molar-refractivity contribution is -0.111. The minimum absolute atomic E-state index is 0.158. The number of rotatable bonds is 5. The second-order valence-corrected chi connectivity index (χ2v) is 5.93. The van der Waals surface area contributed by atoms with E-state index in [1.165, 1.54) is 18.1 Å². The quantitative estimate of drug-likeness (QED) is 0.829. The van der Waals surface area contributed by atoms with Crippen LogP contribution in [-0.4, -0.2) is 37.9 Å². The Morgan fingerprint density at radius 2 is 1.80 bits per heavy atom. The number of methoxy groups -OCH3 is 1. The number of nitrogens with zero attached hydrogens (tertiary/aromatic N) is 1. The topological polar surface area (TPSA) is 58.6 Å². The van der Waals surface area contributed by atoms with Crippen molar-refractivity contribution < 1.29 is 14.3 Å². The van der Waals surface area contributed by atoms with Gasteiger partial charge < -0.3 is 15.0 Å². The maximum atomic E-state index is 12.2. The van der Waals surface area contributed by atoms with Gasteiger partial charge in [-0.15, -0.1) is 0 Å². The van der Waals surface area contributed by atoms with Crippen molar-refractivity contribution in [2.75, 3.05) is 26.5 Å². The lowest BCUT2D eigenvalue weighted by Crippen LogP contribution is -2.22. The molecule has 5 nitrogen and oxygen atoms in total. The van der Waals surface area contributed by atoms with E-state index in [1.807, 2.05) is 12.1 Å². The van der Waals surface area contributed by atoms with E-state index in [-0.39, 0.29) is 11.8 Å². The molecule has 0 aliphatic rings. The van der Waals surface area contributed by atoms with Crippen LogP contribution in [0, 0.1) is 0 Å². The third-order valence-corrected chi connectivity index (χ3v) is 3.66. The molecule has 1 N–H and O–H groups in total. The van der Waals surface area contributed by atoms with E-state index < -0.39 is 0 Å². The van der Waals surface area contributed by atoms with Gasteiger partial charge in [0.25, 0.3) is 5.91 Å². The number of ether oxygens (including phenoxy) is 1. The average molecular weight is 359 g/mol. The molecular formula is C19H19ClN2O3. The summed E-state index contributed by atoms with van der Waals surface area (Å²) in [5, 5.41) is 3.36. The molecule has 2 rings (SSSR count). The number of amides is 2. The largest absolute Gasteiger partial charge is 0.495 e. The number of nitrogens with one attached hydrogen (secondary N) is 1. The normalized spacial score (nSPS) is 10.6. The molecule has 0 heterocycles. The zero-order valence-corrected chi connectivity index (χ0v) is 15.0. The van der Waals surface area contributed by atoms with Crippen LogP contribution >= 0.6 is 11.6 Å². The summed E-state index contributed by atoms with van der Waals surface area (Å²) in [5.41, 5.74) is 1.74. The van der Waals surface area contributed by atoms with Gasteiger partial charge in [0.05, 0.1) is 12.8 Å². The zero-order valence-electron chi connectivity index (χ0n) is 14.2. The SMILES string of the molecule is COc1ccc(C(=O)N(C)C)cc1NC(=O)/C=C/c1ccc(Cl)cc1. The first kappa shape index (κ1) is 18.5. The lowest BCUT2D eigenvalue weighted by atomic mass is 10.1. The fraction of sp³-hybridized carbons (Fsp3) is 0.158. The molecule has 0 aromatic heterocycles. The summed E-state index contributed by atoms with van der Waals surface area (Å²) >= 11 is 5.83. The smallest absolute Gasteiger partial charge is 0.253 e. The summed E-state index contributed by atoms with van der Waals surface area (Å²) in [6.45, 7) is 0. The molecule has 2 aromatic rings. The van der Waals surface area contributed by atoms with Gasteiger partial charge in [0.2, 0.25) is 5.91 Å². The molecular weight excluding hydrogens is 340 g/mol. The Kier molecular flexibility index (Phi) is 6.19. The van der Waals surface area contributed by atoms with Crippen LogP contribution < -0.4 is 10.1 Å². The highest BCUT2D eigenvalue weighted by atomic mass is 35.5. The van der Waals surface area contributed by atoms with Crippen LogP contribution in [0.4, 0.5) is 5.69 Å². The zero-order chi connectivity index (χ0) is 18.4. The van der Waals surface area contributed by atoms with Crippen molar-refractivity contribution >= 4 is 35.2 Å². The van der Waals surface area contributed by atoms with Gasteiger partial charge in [0, 0.05) is 30.8 Å². The summed E-state index contributed by atoms with van der Waals surface area (Å²) < 4.78 is 5.24. The Balaban J connectivity index is 2.17. The second-order valence-electron chi connectivity index (χ2n) is 5.49. The highest BCUT2D eigenvalue weighted by Gasteiger charge is 2.12.